The molecule has 232 valence electrons. The maximum Gasteiger partial charge on any atom is 0.343 e. The van der Waals surface area contributed by atoms with Crippen LogP contribution in [-0.4, -0.2) is 23.1 Å². The molecule has 0 aliphatic heterocycles. The van der Waals surface area contributed by atoms with Gasteiger partial charge >= 0.3 is 11.9 Å². The predicted molar refractivity (Wildman–Crippen MR) is 175 cm³/mol. The van der Waals surface area contributed by atoms with Crippen LogP contribution in [0.2, 0.25) is 0 Å². The van der Waals surface area contributed by atoms with Crippen LogP contribution in [0.5, 0.6) is 11.5 Å². The van der Waals surface area contributed by atoms with Gasteiger partial charge in [0, 0.05) is 5.41 Å². The van der Waals surface area contributed by atoms with Crippen LogP contribution in [-0.2, 0) is 10.2 Å². The zero-order valence-electron chi connectivity index (χ0n) is 28.3. The van der Waals surface area contributed by atoms with Crippen molar-refractivity contribution in [1.82, 2.24) is 0 Å². The van der Waals surface area contributed by atoms with E-state index in [1.807, 2.05) is 32.9 Å². The molecule has 3 aromatic rings. The van der Waals surface area contributed by atoms with Crippen molar-refractivity contribution in [3.8, 4) is 11.5 Å². The Labute approximate surface area is 259 Å². The van der Waals surface area contributed by atoms with Crippen LogP contribution in [0, 0.1) is 27.7 Å². The molecule has 0 amide bonds. The zero-order valence-corrected chi connectivity index (χ0v) is 28.3. The first-order chi connectivity index (χ1) is 20.0. The fourth-order valence-electron chi connectivity index (χ4n) is 6.04. The number of hydrogen-bond donors (Lipinski definition) is 0. The summed E-state index contributed by atoms with van der Waals surface area (Å²) in [6.07, 6.45) is 2.38. The molecule has 0 radical (unpaired) electrons. The second-order valence-electron chi connectivity index (χ2n) is 13.2. The van der Waals surface area contributed by atoms with Crippen LogP contribution in [0.15, 0.2) is 48.5 Å². The molecule has 0 aliphatic rings. The van der Waals surface area contributed by atoms with Gasteiger partial charge in [-0.25, -0.2) is 9.59 Å². The highest BCUT2D eigenvalue weighted by atomic mass is 16.6. The molecule has 0 aliphatic carbocycles. The Kier molecular flexibility index (Phi) is 10.2. The summed E-state index contributed by atoms with van der Waals surface area (Å²) in [5.74, 6) is 0.508. The number of aryl methyl sites for hydroxylation is 4. The van der Waals surface area contributed by atoms with E-state index < -0.39 is 17.5 Å². The number of ether oxygens (including phenoxy) is 3. The molecule has 0 unspecified atom stereocenters. The van der Waals surface area contributed by atoms with Crippen molar-refractivity contribution in [2.75, 3.05) is 0 Å². The third kappa shape index (κ3) is 7.68. The van der Waals surface area contributed by atoms with Crippen LogP contribution in [0.25, 0.3) is 0 Å². The van der Waals surface area contributed by atoms with Gasteiger partial charge in [0.1, 0.15) is 22.7 Å². The molecule has 5 nitrogen and oxygen atoms in total. The van der Waals surface area contributed by atoms with Crippen LogP contribution in [0.3, 0.4) is 0 Å². The SMILES string of the molecule is CCC(C)(C)Oc1cc(C)c(C(C)(C)c2c(C)cc(OC(=O)c3ccc(C(=O)OC(C)(CC)CC)cc3)cc2C)c(C)c1. The van der Waals surface area contributed by atoms with Crippen LogP contribution < -0.4 is 9.47 Å². The summed E-state index contributed by atoms with van der Waals surface area (Å²) in [7, 11) is 0. The minimum absolute atomic E-state index is 0.227. The fraction of sp³-hybridized carbons (Fsp3) is 0.474. The monoisotopic (exact) mass is 586 g/mol. The Hall–Kier alpha value is -3.60. The molecular weight excluding hydrogens is 536 g/mol. The topological polar surface area (TPSA) is 61.8 Å². The molecule has 0 aromatic heterocycles. The van der Waals surface area contributed by atoms with Gasteiger partial charge in [-0.1, -0.05) is 34.6 Å². The van der Waals surface area contributed by atoms with Gasteiger partial charge in [-0.05, 0) is 150 Å². The molecule has 0 atom stereocenters. The molecule has 43 heavy (non-hydrogen) atoms. The molecule has 0 bridgehead atoms. The number of carbonyl (C=O) groups excluding carboxylic acids is 2. The van der Waals surface area contributed by atoms with E-state index in [-0.39, 0.29) is 11.0 Å². The van der Waals surface area contributed by atoms with Gasteiger partial charge in [0.05, 0.1) is 11.1 Å². The minimum atomic E-state index is -0.508. The van der Waals surface area contributed by atoms with Gasteiger partial charge < -0.3 is 14.2 Å². The van der Waals surface area contributed by atoms with Crippen LogP contribution in [0.4, 0.5) is 0 Å². The smallest absolute Gasteiger partial charge is 0.343 e. The van der Waals surface area contributed by atoms with E-state index in [9.17, 15) is 9.59 Å². The third-order valence-electron chi connectivity index (χ3n) is 8.91. The summed E-state index contributed by atoms with van der Waals surface area (Å²) in [4.78, 5) is 25.7. The van der Waals surface area contributed by atoms with Gasteiger partial charge in [0.2, 0.25) is 0 Å². The first-order valence-corrected chi connectivity index (χ1v) is 15.4. The molecule has 0 saturated carbocycles. The highest BCUT2D eigenvalue weighted by Gasteiger charge is 2.31. The normalized spacial score (nSPS) is 12.2. The Morgan fingerprint density at radius 1 is 0.605 bits per heavy atom. The summed E-state index contributed by atoms with van der Waals surface area (Å²) in [6, 6.07) is 14.6. The largest absolute Gasteiger partial charge is 0.488 e. The maximum atomic E-state index is 13.0. The molecule has 0 fully saturated rings. The standard InChI is InChI=1S/C38H50O5/c1-13-36(8,9)42-31-22-26(6)33(27(7)23-31)37(10,11)32-24(4)20-30(21-25(32)5)41-34(39)28-16-18-29(19-17-28)35(40)43-38(12,14-2)15-3/h16-23H,13-15H2,1-12H3. The average Bonchev–Trinajstić information content (AvgIpc) is 2.91. The second-order valence-corrected chi connectivity index (χ2v) is 13.2. The average molecular weight is 587 g/mol. The highest BCUT2D eigenvalue weighted by Crippen LogP contribution is 2.42. The number of rotatable bonds is 11. The first-order valence-electron chi connectivity index (χ1n) is 15.4. The van der Waals surface area contributed by atoms with E-state index in [1.54, 1.807) is 24.3 Å². The van der Waals surface area contributed by atoms with Crippen molar-refractivity contribution in [1.29, 1.82) is 0 Å². The fourth-order valence-corrected chi connectivity index (χ4v) is 6.04. The van der Waals surface area contributed by atoms with E-state index in [0.717, 1.165) is 36.1 Å². The molecule has 3 aromatic carbocycles. The minimum Gasteiger partial charge on any atom is -0.488 e. The highest BCUT2D eigenvalue weighted by molar-refractivity contribution is 5.94. The van der Waals surface area contributed by atoms with E-state index in [4.69, 9.17) is 14.2 Å². The van der Waals surface area contributed by atoms with E-state index in [2.05, 4.69) is 74.4 Å². The summed E-state index contributed by atoms with van der Waals surface area (Å²) >= 11 is 0. The Morgan fingerprint density at radius 3 is 1.40 bits per heavy atom. The molecule has 0 spiro atoms. The third-order valence-corrected chi connectivity index (χ3v) is 8.91. The van der Waals surface area contributed by atoms with Crippen LogP contribution >= 0.6 is 0 Å². The second kappa shape index (κ2) is 13.0. The van der Waals surface area contributed by atoms with Crippen molar-refractivity contribution < 1.29 is 23.8 Å². The summed E-state index contributed by atoms with van der Waals surface area (Å²) in [5, 5.41) is 0. The van der Waals surface area contributed by atoms with Crippen molar-refractivity contribution >= 4 is 11.9 Å². The lowest BCUT2D eigenvalue weighted by Crippen LogP contribution is -2.30. The molecule has 0 N–H and O–H groups in total. The molecular formula is C38H50O5. The molecule has 0 saturated heterocycles. The lowest BCUT2D eigenvalue weighted by Gasteiger charge is -2.34. The number of carbonyl (C=O) groups is 2. The Bertz CT molecular complexity index is 1430. The molecule has 3 rings (SSSR count). The number of esters is 2. The summed E-state index contributed by atoms with van der Waals surface area (Å²) < 4.78 is 17.8. The summed E-state index contributed by atoms with van der Waals surface area (Å²) in [5.41, 5.74) is 6.68. The lowest BCUT2D eigenvalue weighted by molar-refractivity contribution is -0.0131. The lowest BCUT2D eigenvalue weighted by atomic mass is 9.71. The Balaban J connectivity index is 1.83. The van der Waals surface area contributed by atoms with Crippen molar-refractivity contribution in [2.24, 2.45) is 0 Å². The molecule has 0 heterocycles. The quantitative estimate of drug-likeness (QED) is 0.165. The van der Waals surface area contributed by atoms with Crippen molar-refractivity contribution in [3.63, 3.8) is 0 Å². The van der Waals surface area contributed by atoms with Gasteiger partial charge in [0.25, 0.3) is 0 Å². The number of benzene rings is 3. The maximum absolute atomic E-state index is 13.0. The summed E-state index contributed by atoms with van der Waals surface area (Å²) in [6.45, 7) is 25.2. The van der Waals surface area contributed by atoms with E-state index >= 15 is 0 Å². The van der Waals surface area contributed by atoms with Gasteiger partial charge in [-0.2, -0.15) is 0 Å². The van der Waals surface area contributed by atoms with E-state index in [0.29, 0.717) is 16.9 Å². The van der Waals surface area contributed by atoms with Crippen molar-refractivity contribution in [2.45, 2.75) is 119 Å². The number of hydrogen-bond acceptors (Lipinski definition) is 5. The first kappa shape index (κ1) is 33.9. The van der Waals surface area contributed by atoms with Crippen molar-refractivity contribution in [3.05, 3.63) is 93.0 Å². The zero-order chi connectivity index (χ0) is 32.3. The van der Waals surface area contributed by atoms with Gasteiger partial charge in [-0.3, -0.25) is 0 Å². The van der Waals surface area contributed by atoms with Crippen LogP contribution in [0.1, 0.15) is 129 Å². The van der Waals surface area contributed by atoms with Gasteiger partial charge in [0.15, 0.2) is 0 Å². The molecule has 5 heteroatoms. The predicted octanol–water partition coefficient (Wildman–Crippen LogP) is 9.77. The Morgan fingerprint density at radius 2 is 1.00 bits per heavy atom. The van der Waals surface area contributed by atoms with Gasteiger partial charge in [-0.15, -0.1) is 0 Å². The van der Waals surface area contributed by atoms with E-state index in [1.165, 1.54) is 22.3 Å².